The van der Waals surface area contributed by atoms with Gasteiger partial charge in [0.05, 0.1) is 0 Å². The minimum atomic E-state index is -0.543. The van der Waals surface area contributed by atoms with Gasteiger partial charge in [0.25, 0.3) is 5.91 Å². The van der Waals surface area contributed by atoms with Gasteiger partial charge in [0, 0.05) is 31.1 Å². The molecule has 1 aliphatic heterocycles. The van der Waals surface area contributed by atoms with Crippen molar-refractivity contribution in [3.63, 3.8) is 0 Å². The summed E-state index contributed by atoms with van der Waals surface area (Å²) in [6.07, 6.45) is 1.87. The Hall–Kier alpha value is -2.08. The molecule has 7 heteroatoms. The summed E-state index contributed by atoms with van der Waals surface area (Å²) in [5, 5.41) is 8.63. The lowest BCUT2D eigenvalue weighted by Gasteiger charge is -2.24. The van der Waals surface area contributed by atoms with Crippen molar-refractivity contribution < 1.29 is 9.53 Å². The largest absolute Gasteiger partial charge is 0.481 e. The molecule has 2 heterocycles. The summed E-state index contributed by atoms with van der Waals surface area (Å²) < 4.78 is 7.82. The number of fused-ring (bicyclic) bond motifs is 1. The van der Waals surface area contributed by atoms with Crippen molar-refractivity contribution >= 4 is 17.5 Å². The fraction of sp³-hybridized carbons (Fsp3) is 0.438. The predicted molar refractivity (Wildman–Crippen MR) is 86.6 cm³/mol. The summed E-state index contributed by atoms with van der Waals surface area (Å²) in [4.78, 5) is 14.5. The number of amides is 1. The lowest BCUT2D eigenvalue weighted by atomic mass is 10.2. The first-order valence-corrected chi connectivity index (χ1v) is 8.00. The number of ether oxygens (including phenoxy) is 1. The van der Waals surface area contributed by atoms with Crippen molar-refractivity contribution in [2.24, 2.45) is 0 Å². The predicted octanol–water partition coefficient (Wildman–Crippen LogP) is 2.09. The summed E-state index contributed by atoms with van der Waals surface area (Å²) in [5.74, 6) is 1.59. The van der Waals surface area contributed by atoms with E-state index in [1.54, 1.807) is 25.4 Å². The fourth-order valence-electron chi connectivity index (χ4n) is 2.70. The Morgan fingerprint density at radius 3 is 2.96 bits per heavy atom. The average molecular weight is 335 g/mol. The summed E-state index contributed by atoms with van der Waals surface area (Å²) in [5.41, 5.74) is 0.916. The second-order valence-corrected chi connectivity index (χ2v) is 6.12. The number of benzene rings is 1. The summed E-state index contributed by atoms with van der Waals surface area (Å²) in [6.45, 7) is 5.67. The number of aromatic nitrogens is 3. The zero-order chi connectivity index (χ0) is 16.4. The lowest BCUT2D eigenvalue weighted by molar-refractivity contribution is -0.137. The molecule has 0 fully saturated rings. The van der Waals surface area contributed by atoms with E-state index in [2.05, 4.69) is 10.2 Å². The SMILES string of the molecule is Cc1cc(Cl)ccc1OC(C)C(=O)N1CCc2nncn2CC1. The van der Waals surface area contributed by atoms with Crippen LogP contribution in [0.25, 0.3) is 0 Å². The van der Waals surface area contributed by atoms with Gasteiger partial charge in [-0.25, -0.2) is 0 Å². The standard InChI is InChI=1S/C16H19ClN4O2/c1-11-9-13(17)3-4-14(11)23-12(2)16(22)20-6-5-15-19-18-10-21(15)8-7-20/h3-4,9-10,12H,5-8H2,1-2H3. The molecule has 23 heavy (non-hydrogen) atoms. The number of carbonyl (C=O) groups excluding carboxylic acids is 1. The second-order valence-electron chi connectivity index (χ2n) is 5.69. The van der Waals surface area contributed by atoms with Crippen LogP contribution < -0.4 is 4.74 Å². The van der Waals surface area contributed by atoms with Crippen LogP contribution in [0, 0.1) is 6.92 Å². The number of hydrogen-bond acceptors (Lipinski definition) is 4. The van der Waals surface area contributed by atoms with E-state index >= 15 is 0 Å². The highest BCUT2D eigenvalue weighted by Crippen LogP contribution is 2.23. The second kappa shape index (κ2) is 6.58. The smallest absolute Gasteiger partial charge is 0.263 e. The molecule has 1 unspecified atom stereocenters. The molecule has 0 N–H and O–H groups in total. The first-order chi connectivity index (χ1) is 11.0. The van der Waals surface area contributed by atoms with Gasteiger partial charge in [-0.2, -0.15) is 0 Å². The van der Waals surface area contributed by atoms with Crippen LogP contribution in [0.3, 0.4) is 0 Å². The van der Waals surface area contributed by atoms with Crippen molar-refractivity contribution in [1.82, 2.24) is 19.7 Å². The molecule has 1 amide bonds. The zero-order valence-corrected chi connectivity index (χ0v) is 14.0. The quantitative estimate of drug-likeness (QED) is 0.862. The summed E-state index contributed by atoms with van der Waals surface area (Å²) >= 11 is 5.95. The maximum Gasteiger partial charge on any atom is 0.263 e. The monoisotopic (exact) mass is 334 g/mol. The van der Waals surface area contributed by atoms with Crippen LogP contribution in [0.1, 0.15) is 18.3 Å². The van der Waals surface area contributed by atoms with Crippen LogP contribution >= 0.6 is 11.6 Å². The Labute approximate surface area is 140 Å². The Balaban J connectivity index is 1.64. The molecule has 0 aliphatic carbocycles. The van der Waals surface area contributed by atoms with Crippen molar-refractivity contribution in [1.29, 1.82) is 0 Å². The van der Waals surface area contributed by atoms with E-state index in [-0.39, 0.29) is 5.91 Å². The van der Waals surface area contributed by atoms with Crippen molar-refractivity contribution in [2.45, 2.75) is 32.9 Å². The van der Waals surface area contributed by atoms with Gasteiger partial charge in [0.15, 0.2) is 6.10 Å². The molecule has 0 saturated heterocycles. The maximum absolute atomic E-state index is 12.6. The van der Waals surface area contributed by atoms with Crippen LogP contribution in [0.15, 0.2) is 24.5 Å². The van der Waals surface area contributed by atoms with E-state index in [0.29, 0.717) is 36.8 Å². The third-order valence-corrected chi connectivity index (χ3v) is 4.25. The Morgan fingerprint density at radius 2 is 2.17 bits per heavy atom. The molecule has 1 aromatic heterocycles. The van der Waals surface area contributed by atoms with E-state index in [1.165, 1.54) is 0 Å². The average Bonchev–Trinajstić information content (AvgIpc) is 2.88. The molecule has 6 nitrogen and oxygen atoms in total. The zero-order valence-electron chi connectivity index (χ0n) is 13.2. The maximum atomic E-state index is 12.6. The third kappa shape index (κ3) is 3.47. The van der Waals surface area contributed by atoms with Gasteiger partial charge in [-0.05, 0) is 37.6 Å². The van der Waals surface area contributed by atoms with Gasteiger partial charge in [0.1, 0.15) is 17.9 Å². The van der Waals surface area contributed by atoms with Gasteiger partial charge < -0.3 is 14.2 Å². The van der Waals surface area contributed by atoms with Crippen molar-refractivity contribution in [3.8, 4) is 5.75 Å². The highest BCUT2D eigenvalue weighted by atomic mass is 35.5. The number of hydrogen-bond donors (Lipinski definition) is 0. The Bertz CT molecular complexity index is 693. The van der Waals surface area contributed by atoms with Crippen LogP contribution in [0.2, 0.25) is 5.02 Å². The molecular formula is C16H19ClN4O2. The van der Waals surface area contributed by atoms with E-state index < -0.39 is 6.10 Å². The molecule has 0 spiro atoms. The van der Waals surface area contributed by atoms with Gasteiger partial charge in [-0.15, -0.1) is 10.2 Å². The van der Waals surface area contributed by atoms with Gasteiger partial charge in [-0.3, -0.25) is 4.79 Å². The molecule has 1 aliphatic rings. The molecule has 0 radical (unpaired) electrons. The van der Waals surface area contributed by atoms with Crippen LogP contribution in [0.5, 0.6) is 5.75 Å². The molecule has 3 rings (SSSR count). The number of carbonyl (C=O) groups is 1. The molecule has 0 saturated carbocycles. The van der Waals surface area contributed by atoms with Gasteiger partial charge in [-0.1, -0.05) is 11.6 Å². The molecule has 122 valence electrons. The fourth-order valence-corrected chi connectivity index (χ4v) is 2.92. The number of rotatable bonds is 3. The van der Waals surface area contributed by atoms with Gasteiger partial charge >= 0.3 is 0 Å². The minimum Gasteiger partial charge on any atom is -0.481 e. The van der Waals surface area contributed by atoms with Crippen LogP contribution in [0.4, 0.5) is 0 Å². The lowest BCUT2D eigenvalue weighted by Crippen LogP contribution is -2.42. The summed E-state index contributed by atoms with van der Waals surface area (Å²) in [7, 11) is 0. The molecule has 2 aromatic rings. The van der Waals surface area contributed by atoms with E-state index in [4.69, 9.17) is 16.3 Å². The number of nitrogens with zero attached hydrogens (tertiary/aromatic N) is 4. The van der Waals surface area contributed by atoms with E-state index in [9.17, 15) is 4.79 Å². The van der Waals surface area contributed by atoms with E-state index in [1.807, 2.05) is 22.5 Å². The first kappa shape index (κ1) is 15.8. The van der Waals surface area contributed by atoms with Crippen molar-refractivity contribution in [2.75, 3.05) is 13.1 Å². The molecule has 0 bridgehead atoms. The summed E-state index contributed by atoms with van der Waals surface area (Å²) in [6, 6.07) is 5.39. The Kier molecular flexibility index (Phi) is 4.52. The Morgan fingerprint density at radius 1 is 1.35 bits per heavy atom. The minimum absolute atomic E-state index is 0.0157. The molecule has 1 atom stereocenters. The normalized spacial score (nSPS) is 15.7. The highest BCUT2D eigenvalue weighted by molar-refractivity contribution is 6.30. The van der Waals surface area contributed by atoms with Crippen molar-refractivity contribution in [3.05, 3.63) is 40.9 Å². The van der Waals surface area contributed by atoms with Crippen LogP contribution in [-0.2, 0) is 17.8 Å². The van der Waals surface area contributed by atoms with E-state index in [0.717, 1.165) is 11.4 Å². The topological polar surface area (TPSA) is 60.2 Å². The number of aryl methyl sites for hydroxylation is 1. The highest BCUT2D eigenvalue weighted by Gasteiger charge is 2.25. The molecular weight excluding hydrogens is 316 g/mol. The third-order valence-electron chi connectivity index (χ3n) is 4.01. The number of halogens is 1. The first-order valence-electron chi connectivity index (χ1n) is 7.63. The van der Waals surface area contributed by atoms with Crippen LogP contribution in [-0.4, -0.2) is 44.8 Å². The van der Waals surface area contributed by atoms with Gasteiger partial charge in [0.2, 0.25) is 0 Å². The molecule has 1 aromatic carbocycles.